The molecule has 98 valence electrons. The van der Waals surface area contributed by atoms with E-state index in [2.05, 4.69) is 20.8 Å². The molecular weight excluding hydrogens is 228 g/mol. The molecule has 0 unspecified atom stereocenters. The molecule has 0 saturated heterocycles. The summed E-state index contributed by atoms with van der Waals surface area (Å²) >= 11 is 0. The molecule has 0 atom stereocenters. The summed E-state index contributed by atoms with van der Waals surface area (Å²) < 4.78 is 5.37. The van der Waals surface area contributed by atoms with Crippen molar-refractivity contribution in [3.8, 4) is 5.75 Å². The highest BCUT2D eigenvalue weighted by Crippen LogP contribution is 2.49. The van der Waals surface area contributed by atoms with E-state index in [0.717, 1.165) is 29.7 Å². The van der Waals surface area contributed by atoms with Crippen LogP contribution in [0.15, 0.2) is 18.2 Å². The molecule has 0 amide bonds. The van der Waals surface area contributed by atoms with E-state index in [0.29, 0.717) is 0 Å². The van der Waals surface area contributed by atoms with Crippen LogP contribution < -0.4 is 4.74 Å². The second-order valence-electron chi connectivity index (χ2n) is 6.05. The van der Waals surface area contributed by atoms with E-state index in [1.165, 1.54) is 0 Å². The number of ether oxygens (including phenoxy) is 1. The third-order valence-electron chi connectivity index (χ3n) is 3.72. The number of carboxylic acid groups (broad SMARTS) is 1. The van der Waals surface area contributed by atoms with Crippen molar-refractivity contribution < 1.29 is 14.6 Å². The van der Waals surface area contributed by atoms with Gasteiger partial charge in [0.1, 0.15) is 5.75 Å². The van der Waals surface area contributed by atoms with Crippen LogP contribution in [0.1, 0.15) is 44.7 Å². The second kappa shape index (κ2) is 4.01. The Balaban J connectivity index is 2.51. The molecule has 1 aromatic rings. The fraction of sp³-hybridized carbons (Fsp3) is 0.533. The Labute approximate surface area is 108 Å². The quantitative estimate of drug-likeness (QED) is 0.894. The van der Waals surface area contributed by atoms with Crippen LogP contribution in [0, 0.1) is 0 Å². The van der Waals surface area contributed by atoms with Gasteiger partial charge in [-0.15, -0.1) is 0 Å². The smallest absolute Gasteiger partial charge is 0.314 e. The predicted molar refractivity (Wildman–Crippen MR) is 70.2 cm³/mol. The first kappa shape index (κ1) is 12.9. The Bertz CT molecular complexity index is 479. The lowest BCUT2D eigenvalue weighted by Gasteiger charge is -2.24. The maximum absolute atomic E-state index is 11.4. The summed E-state index contributed by atoms with van der Waals surface area (Å²) in [5.74, 6) is 0.111. The first-order valence-corrected chi connectivity index (χ1v) is 6.24. The van der Waals surface area contributed by atoms with Crippen molar-refractivity contribution in [2.75, 3.05) is 7.11 Å². The van der Waals surface area contributed by atoms with Crippen LogP contribution in [-0.4, -0.2) is 18.2 Å². The number of methoxy groups -OCH3 is 1. The molecule has 1 fully saturated rings. The summed E-state index contributed by atoms with van der Waals surface area (Å²) in [6.45, 7) is 6.32. The molecule has 1 aliphatic carbocycles. The average Bonchev–Trinajstić information content (AvgIpc) is 3.08. The third kappa shape index (κ3) is 1.98. The first-order valence-electron chi connectivity index (χ1n) is 6.24. The topological polar surface area (TPSA) is 46.5 Å². The summed E-state index contributed by atoms with van der Waals surface area (Å²) in [6, 6.07) is 5.77. The molecule has 0 aromatic heterocycles. The lowest BCUT2D eigenvalue weighted by Crippen LogP contribution is -2.21. The van der Waals surface area contributed by atoms with E-state index >= 15 is 0 Å². The number of carbonyl (C=O) groups is 1. The van der Waals surface area contributed by atoms with Crippen molar-refractivity contribution in [3.05, 3.63) is 29.3 Å². The van der Waals surface area contributed by atoms with E-state index in [-0.39, 0.29) is 5.41 Å². The van der Waals surface area contributed by atoms with Gasteiger partial charge in [-0.1, -0.05) is 32.9 Å². The molecule has 1 N–H and O–H groups in total. The van der Waals surface area contributed by atoms with Gasteiger partial charge in [-0.2, -0.15) is 0 Å². The van der Waals surface area contributed by atoms with Gasteiger partial charge in [-0.25, -0.2) is 0 Å². The lowest BCUT2D eigenvalue weighted by molar-refractivity contribution is -0.140. The number of hydrogen-bond acceptors (Lipinski definition) is 2. The Morgan fingerprint density at radius 2 is 1.94 bits per heavy atom. The van der Waals surface area contributed by atoms with Gasteiger partial charge < -0.3 is 9.84 Å². The van der Waals surface area contributed by atoms with Gasteiger partial charge in [-0.05, 0) is 35.4 Å². The maximum Gasteiger partial charge on any atom is 0.314 e. The molecule has 0 radical (unpaired) electrons. The van der Waals surface area contributed by atoms with Gasteiger partial charge in [0, 0.05) is 0 Å². The predicted octanol–water partition coefficient (Wildman–Crippen LogP) is 3.11. The summed E-state index contributed by atoms with van der Waals surface area (Å²) in [6.07, 6.45) is 1.47. The minimum Gasteiger partial charge on any atom is -0.496 e. The molecule has 3 nitrogen and oxygen atoms in total. The van der Waals surface area contributed by atoms with Gasteiger partial charge in [-0.3, -0.25) is 4.79 Å². The SMILES string of the molecule is COc1ccc(C2(C(=O)O)CC2)cc1C(C)(C)C. The zero-order valence-corrected chi connectivity index (χ0v) is 11.4. The van der Waals surface area contributed by atoms with Crippen LogP contribution >= 0.6 is 0 Å². The van der Waals surface area contributed by atoms with Gasteiger partial charge in [0.25, 0.3) is 0 Å². The highest BCUT2D eigenvalue weighted by atomic mass is 16.5. The van der Waals surface area contributed by atoms with Crippen LogP contribution in [0.2, 0.25) is 0 Å². The number of hydrogen-bond donors (Lipinski definition) is 1. The van der Waals surface area contributed by atoms with Gasteiger partial charge in [0.15, 0.2) is 0 Å². The van der Waals surface area contributed by atoms with Crippen molar-refractivity contribution in [1.82, 2.24) is 0 Å². The second-order valence-corrected chi connectivity index (χ2v) is 6.05. The largest absolute Gasteiger partial charge is 0.496 e. The molecule has 3 heteroatoms. The number of benzene rings is 1. The van der Waals surface area contributed by atoms with E-state index < -0.39 is 11.4 Å². The summed E-state index contributed by atoms with van der Waals surface area (Å²) in [7, 11) is 1.65. The molecule has 0 aliphatic heterocycles. The number of carboxylic acids is 1. The Morgan fingerprint density at radius 3 is 2.33 bits per heavy atom. The van der Waals surface area contributed by atoms with Crippen molar-refractivity contribution in [2.45, 2.75) is 44.4 Å². The molecular formula is C15H20O3. The van der Waals surface area contributed by atoms with Crippen molar-refractivity contribution in [3.63, 3.8) is 0 Å². The standard InChI is InChI=1S/C15H20O3/c1-14(2,3)11-9-10(5-6-12(11)18-4)15(7-8-15)13(16)17/h5-6,9H,7-8H2,1-4H3,(H,16,17). The number of rotatable bonds is 3. The van der Waals surface area contributed by atoms with Gasteiger partial charge in [0.05, 0.1) is 12.5 Å². The fourth-order valence-corrected chi connectivity index (χ4v) is 2.34. The molecule has 0 bridgehead atoms. The number of aliphatic carboxylic acids is 1. The van der Waals surface area contributed by atoms with Crippen molar-refractivity contribution in [2.24, 2.45) is 0 Å². The first-order chi connectivity index (χ1) is 8.31. The fourth-order valence-electron chi connectivity index (χ4n) is 2.34. The minimum atomic E-state index is -0.715. The molecule has 1 aromatic carbocycles. The molecule has 1 aliphatic rings. The van der Waals surface area contributed by atoms with Crippen LogP contribution in [0.5, 0.6) is 5.75 Å². The zero-order valence-electron chi connectivity index (χ0n) is 11.4. The van der Waals surface area contributed by atoms with Crippen LogP contribution in [0.25, 0.3) is 0 Å². The Morgan fingerprint density at radius 1 is 1.33 bits per heavy atom. The summed E-state index contributed by atoms with van der Waals surface area (Å²) in [4.78, 5) is 11.4. The Hall–Kier alpha value is -1.51. The molecule has 1 saturated carbocycles. The average molecular weight is 248 g/mol. The lowest BCUT2D eigenvalue weighted by atomic mass is 9.83. The Kier molecular flexibility index (Phi) is 2.88. The molecule has 2 rings (SSSR count). The minimum absolute atomic E-state index is 0.0596. The van der Waals surface area contributed by atoms with E-state index in [9.17, 15) is 9.90 Å². The van der Waals surface area contributed by atoms with Crippen LogP contribution in [0.4, 0.5) is 0 Å². The monoisotopic (exact) mass is 248 g/mol. The van der Waals surface area contributed by atoms with Crippen LogP contribution in [-0.2, 0) is 15.6 Å². The highest BCUT2D eigenvalue weighted by Gasteiger charge is 2.52. The van der Waals surface area contributed by atoms with Crippen molar-refractivity contribution >= 4 is 5.97 Å². The molecule has 0 heterocycles. The highest BCUT2D eigenvalue weighted by molar-refractivity contribution is 5.85. The summed E-state index contributed by atoms with van der Waals surface area (Å²) in [5, 5.41) is 9.35. The normalized spacial score (nSPS) is 17.3. The van der Waals surface area contributed by atoms with Crippen molar-refractivity contribution in [1.29, 1.82) is 0 Å². The van der Waals surface area contributed by atoms with Gasteiger partial charge >= 0.3 is 5.97 Å². The summed E-state index contributed by atoms with van der Waals surface area (Å²) in [5.41, 5.74) is 1.26. The maximum atomic E-state index is 11.4. The molecule has 0 spiro atoms. The van der Waals surface area contributed by atoms with Gasteiger partial charge in [0.2, 0.25) is 0 Å². The van der Waals surface area contributed by atoms with E-state index in [1.807, 2.05) is 18.2 Å². The third-order valence-corrected chi connectivity index (χ3v) is 3.72. The molecule has 18 heavy (non-hydrogen) atoms. The van der Waals surface area contributed by atoms with E-state index in [1.54, 1.807) is 7.11 Å². The van der Waals surface area contributed by atoms with Crippen LogP contribution in [0.3, 0.4) is 0 Å². The zero-order chi connectivity index (χ0) is 13.6. The van der Waals surface area contributed by atoms with E-state index in [4.69, 9.17) is 4.74 Å².